The first-order chi connectivity index (χ1) is 9.28. The number of halogens is 3. The van der Waals surface area contributed by atoms with Crippen LogP contribution >= 0.6 is 0 Å². The van der Waals surface area contributed by atoms with Crippen LogP contribution in [0.1, 0.15) is 19.3 Å². The number of ether oxygens (including phenoxy) is 2. The predicted molar refractivity (Wildman–Crippen MR) is 66.8 cm³/mol. The van der Waals surface area contributed by atoms with E-state index in [1.54, 1.807) is 0 Å². The van der Waals surface area contributed by atoms with Gasteiger partial charge in [-0.3, -0.25) is 5.41 Å². The summed E-state index contributed by atoms with van der Waals surface area (Å²) in [6.45, 7) is 0.409. The first-order valence-electron chi connectivity index (χ1n) is 6.10. The highest BCUT2D eigenvalue weighted by molar-refractivity contribution is 5.78. The minimum atomic E-state index is -4.69. The van der Waals surface area contributed by atoms with E-state index < -0.39 is 6.36 Å². The summed E-state index contributed by atoms with van der Waals surface area (Å²) in [5.74, 6) is 0.309. The van der Waals surface area contributed by atoms with Gasteiger partial charge in [-0.25, -0.2) is 0 Å². The van der Waals surface area contributed by atoms with Gasteiger partial charge in [0.25, 0.3) is 0 Å². The molecule has 0 radical (unpaired) electrons. The largest absolute Gasteiger partial charge is 0.573 e. The predicted octanol–water partition coefficient (Wildman–Crippen LogP) is 3.07. The number of amidine groups is 1. The molecule has 20 heavy (non-hydrogen) atoms. The van der Waals surface area contributed by atoms with Crippen LogP contribution in [0.4, 0.5) is 13.2 Å². The van der Waals surface area contributed by atoms with Gasteiger partial charge >= 0.3 is 6.36 Å². The zero-order valence-corrected chi connectivity index (χ0v) is 10.7. The Labute approximate surface area is 114 Å². The van der Waals surface area contributed by atoms with Crippen molar-refractivity contribution >= 4 is 5.84 Å². The summed E-state index contributed by atoms with van der Waals surface area (Å²) in [6, 6.07) is 5.25. The molecule has 2 rings (SSSR count). The number of nitrogens with two attached hydrogens (primary N) is 1. The van der Waals surface area contributed by atoms with Gasteiger partial charge in [0.15, 0.2) is 0 Å². The van der Waals surface area contributed by atoms with Gasteiger partial charge in [-0.1, -0.05) is 0 Å². The van der Waals surface area contributed by atoms with E-state index in [4.69, 9.17) is 15.9 Å². The first kappa shape index (κ1) is 14.5. The zero-order valence-electron chi connectivity index (χ0n) is 10.7. The van der Waals surface area contributed by atoms with Crippen molar-refractivity contribution in [3.05, 3.63) is 24.3 Å². The van der Waals surface area contributed by atoms with Crippen molar-refractivity contribution in [2.45, 2.75) is 25.6 Å². The standard InChI is InChI=1S/C13H15F3N2O2/c14-13(15,16)20-10-3-1-9(2-4-10)19-8-12(5-6-12)7-11(17)18/h1-4H,5-8H2,(H3,17,18). The highest BCUT2D eigenvalue weighted by Gasteiger charge is 2.44. The molecule has 0 atom stereocenters. The maximum atomic E-state index is 12.0. The third-order valence-corrected chi connectivity index (χ3v) is 3.12. The number of hydrogen-bond acceptors (Lipinski definition) is 3. The highest BCUT2D eigenvalue weighted by atomic mass is 19.4. The Hall–Kier alpha value is -1.92. The molecule has 110 valence electrons. The fourth-order valence-electron chi connectivity index (χ4n) is 1.93. The van der Waals surface area contributed by atoms with Crippen molar-refractivity contribution in [1.82, 2.24) is 0 Å². The average molecular weight is 288 g/mol. The quantitative estimate of drug-likeness (QED) is 0.624. The van der Waals surface area contributed by atoms with Crippen LogP contribution in [0.25, 0.3) is 0 Å². The third-order valence-electron chi connectivity index (χ3n) is 3.12. The molecule has 1 aliphatic carbocycles. The Kier molecular flexibility index (Phi) is 3.78. The van der Waals surface area contributed by atoms with E-state index in [9.17, 15) is 13.2 Å². The molecule has 1 aliphatic rings. The van der Waals surface area contributed by atoms with Crippen LogP contribution in [0.15, 0.2) is 24.3 Å². The number of benzene rings is 1. The molecule has 0 spiro atoms. The minimum absolute atomic E-state index is 0.0764. The zero-order chi connectivity index (χ0) is 14.8. The topological polar surface area (TPSA) is 68.3 Å². The molecular weight excluding hydrogens is 273 g/mol. The van der Waals surface area contributed by atoms with Gasteiger partial charge in [0.1, 0.15) is 11.5 Å². The van der Waals surface area contributed by atoms with Crippen LogP contribution in [0.5, 0.6) is 11.5 Å². The van der Waals surface area contributed by atoms with E-state index in [2.05, 4.69) is 4.74 Å². The Balaban J connectivity index is 1.87. The molecule has 0 unspecified atom stereocenters. The van der Waals surface area contributed by atoms with E-state index in [0.29, 0.717) is 18.8 Å². The van der Waals surface area contributed by atoms with Gasteiger partial charge in [-0.2, -0.15) is 0 Å². The molecule has 3 N–H and O–H groups in total. The summed E-state index contributed by atoms with van der Waals surface area (Å²) < 4.78 is 45.3. The van der Waals surface area contributed by atoms with E-state index in [0.717, 1.165) is 12.8 Å². The normalized spacial score (nSPS) is 16.6. The summed E-state index contributed by atoms with van der Waals surface area (Å²) in [6.07, 6.45) is -2.31. The van der Waals surface area contributed by atoms with Crippen molar-refractivity contribution < 1.29 is 22.6 Å². The van der Waals surface area contributed by atoms with Gasteiger partial charge < -0.3 is 15.2 Å². The summed E-state index contributed by atoms with van der Waals surface area (Å²) >= 11 is 0. The van der Waals surface area contributed by atoms with Gasteiger partial charge in [-0.15, -0.1) is 13.2 Å². The summed E-state index contributed by atoms with van der Waals surface area (Å²) in [4.78, 5) is 0. The van der Waals surface area contributed by atoms with Crippen LogP contribution in [-0.2, 0) is 0 Å². The van der Waals surface area contributed by atoms with Crippen molar-refractivity contribution in [3.63, 3.8) is 0 Å². The van der Waals surface area contributed by atoms with Gasteiger partial charge in [0.05, 0.1) is 12.4 Å². The molecule has 1 aromatic rings. The summed E-state index contributed by atoms with van der Waals surface area (Å²) in [7, 11) is 0. The molecule has 1 fully saturated rings. The second-order valence-electron chi connectivity index (χ2n) is 5.01. The van der Waals surface area contributed by atoms with Crippen molar-refractivity contribution in [2.24, 2.45) is 11.1 Å². The molecule has 4 nitrogen and oxygen atoms in total. The Bertz CT molecular complexity index is 481. The van der Waals surface area contributed by atoms with Crippen molar-refractivity contribution in [1.29, 1.82) is 5.41 Å². The molecule has 0 bridgehead atoms. The molecule has 0 amide bonds. The smallest absolute Gasteiger partial charge is 0.493 e. The SMILES string of the molecule is N=C(N)CC1(COc2ccc(OC(F)(F)F)cc2)CC1. The number of rotatable bonds is 6. The molecule has 1 aromatic carbocycles. The molecule has 1 saturated carbocycles. The minimum Gasteiger partial charge on any atom is -0.493 e. The Morgan fingerprint density at radius 2 is 1.75 bits per heavy atom. The molecule has 7 heteroatoms. The van der Waals surface area contributed by atoms with Crippen molar-refractivity contribution in [3.8, 4) is 11.5 Å². The second-order valence-corrected chi connectivity index (χ2v) is 5.01. The van der Waals surface area contributed by atoms with Crippen LogP contribution in [0.3, 0.4) is 0 Å². The van der Waals surface area contributed by atoms with Gasteiger partial charge in [0.2, 0.25) is 0 Å². The number of hydrogen-bond donors (Lipinski definition) is 2. The number of alkyl halides is 3. The summed E-state index contributed by atoms with van der Waals surface area (Å²) in [5, 5.41) is 7.28. The van der Waals surface area contributed by atoms with Crippen LogP contribution < -0.4 is 15.2 Å². The van der Waals surface area contributed by atoms with E-state index in [1.807, 2.05) is 0 Å². The maximum absolute atomic E-state index is 12.0. The molecule has 0 aromatic heterocycles. The maximum Gasteiger partial charge on any atom is 0.573 e. The van der Waals surface area contributed by atoms with Gasteiger partial charge in [0, 0.05) is 11.8 Å². The Morgan fingerprint density at radius 3 is 2.20 bits per heavy atom. The lowest BCUT2D eigenvalue weighted by atomic mass is 10.0. The molecular formula is C13H15F3N2O2. The van der Waals surface area contributed by atoms with Crippen LogP contribution in [-0.4, -0.2) is 18.8 Å². The number of nitrogens with one attached hydrogen (secondary N) is 1. The lowest BCUT2D eigenvalue weighted by Crippen LogP contribution is -2.21. The van der Waals surface area contributed by atoms with Gasteiger partial charge in [-0.05, 0) is 37.1 Å². The lowest BCUT2D eigenvalue weighted by Gasteiger charge is -2.15. The van der Waals surface area contributed by atoms with Crippen molar-refractivity contribution in [2.75, 3.05) is 6.61 Å². The van der Waals surface area contributed by atoms with E-state index in [-0.39, 0.29) is 17.0 Å². The molecule has 0 aliphatic heterocycles. The first-order valence-corrected chi connectivity index (χ1v) is 6.10. The summed E-state index contributed by atoms with van der Waals surface area (Å²) in [5.41, 5.74) is 5.29. The van der Waals surface area contributed by atoms with Crippen LogP contribution in [0, 0.1) is 10.8 Å². The highest BCUT2D eigenvalue weighted by Crippen LogP contribution is 2.48. The van der Waals surface area contributed by atoms with Crippen LogP contribution in [0.2, 0.25) is 0 Å². The monoisotopic (exact) mass is 288 g/mol. The van der Waals surface area contributed by atoms with E-state index in [1.165, 1.54) is 24.3 Å². The fourth-order valence-corrected chi connectivity index (χ4v) is 1.93. The fraction of sp³-hybridized carbons (Fsp3) is 0.462. The molecule has 0 saturated heterocycles. The molecule has 0 heterocycles. The third kappa shape index (κ3) is 4.32. The Morgan fingerprint density at radius 1 is 1.20 bits per heavy atom. The lowest BCUT2D eigenvalue weighted by molar-refractivity contribution is -0.274. The average Bonchev–Trinajstić information content (AvgIpc) is 3.05. The second kappa shape index (κ2) is 5.22. The van der Waals surface area contributed by atoms with E-state index >= 15 is 0 Å².